The van der Waals surface area contributed by atoms with Crippen LogP contribution in [-0.2, 0) is 4.74 Å². The second-order valence-corrected chi connectivity index (χ2v) is 5.17. The fraction of sp³-hybridized carbons (Fsp3) is 0.500. The first-order valence-corrected chi connectivity index (χ1v) is 6.74. The van der Waals surface area contributed by atoms with E-state index in [1.807, 2.05) is 0 Å². The molecule has 1 atom stereocenters. The standard InChI is InChI=1S/C12H16N2O3S/c1-13-11(15)9-4-5-10(18-9)12(16)14-7-8-3-2-6-17-8/h4-5,8H,2-3,6-7H2,1H3,(H,13,15)(H,14,16). The normalized spacial score (nSPS) is 18.6. The number of amides is 2. The van der Waals surface area contributed by atoms with Crippen LogP contribution in [0.25, 0.3) is 0 Å². The van der Waals surface area contributed by atoms with Crippen LogP contribution in [0.15, 0.2) is 12.1 Å². The van der Waals surface area contributed by atoms with E-state index in [1.165, 1.54) is 11.3 Å². The van der Waals surface area contributed by atoms with Crippen molar-refractivity contribution in [2.45, 2.75) is 18.9 Å². The average Bonchev–Trinajstić information content (AvgIpc) is 3.05. The first-order valence-electron chi connectivity index (χ1n) is 5.92. The molecule has 2 rings (SSSR count). The average molecular weight is 268 g/mol. The highest BCUT2D eigenvalue weighted by Gasteiger charge is 2.18. The van der Waals surface area contributed by atoms with E-state index in [-0.39, 0.29) is 17.9 Å². The summed E-state index contributed by atoms with van der Waals surface area (Å²) in [5.74, 6) is -0.316. The van der Waals surface area contributed by atoms with Crippen molar-refractivity contribution < 1.29 is 14.3 Å². The molecule has 1 saturated heterocycles. The molecule has 1 unspecified atom stereocenters. The van der Waals surface area contributed by atoms with Gasteiger partial charge in [-0.3, -0.25) is 9.59 Å². The molecule has 2 N–H and O–H groups in total. The molecule has 1 aliphatic heterocycles. The number of carbonyl (C=O) groups is 2. The van der Waals surface area contributed by atoms with Gasteiger partial charge in [0, 0.05) is 20.2 Å². The third-order valence-corrected chi connectivity index (χ3v) is 3.88. The molecule has 0 aliphatic carbocycles. The lowest BCUT2D eigenvalue weighted by Crippen LogP contribution is -2.31. The van der Waals surface area contributed by atoms with Crippen LogP contribution in [-0.4, -0.2) is 38.1 Å². The molecule has 18 heavy (non-hydrogen) atoms. The summed E-state index contributed by atoms with van der Waals surface area (Å²) in [4.78, 5) is 24.3. The number of carbonyl (C=O) groups excluding carboxylic acids is 2. The zero-order valence-corrected chi connectivity index (χ0v) is 11.0. The Morgan fingerprint density at radius 1 is 1.39 bits per heavy atom. The number of hydrogen-bond acceptors (Lipinski definition) is 4. The highest BCUT2D eigenvalue weighted by molar-refractivity contribution is 7.15. The van der Waals surface area contributed by atoms with Crippen molar-refractivity contribution in [1.82, 2.24) is 10.6 Å². The molecule has 0 radical (unpaired) electrons. The van der Waals surface area contributed by atoms with E-state index >= 15 is 0 Å². The van der Waals surface area contributed by atoms with E-state index in [0.29, 0.717) is 16.3 Å². The van der Waals surface area contributed by atoms with Crippen molar-refractivity contribution in [2.75, 3.05) is 20.2 Å². The summed E-state index contributed by atoms with van der Waals surface area (Å²) >= 11 is 1.19. The van der Waals surface area contributed by atoms with Crippen molar-refractivity contribution in [3.63, 3.8) is 0 Å². The smallest absolute Gasteiger partial charge is 0.261 e. The van der Waals surface area contributed by atoms with Crippen LogP contribution in [0, 0.1) is 0 Å². The van der Waals surface area contributed by atoms with Gasteiger partial charge in [-0.2, -0.15) is 0 Å². The predicted octanol–water partition coefficient (Wildman–Crippen LogP) is 1.02. The van der Waals surface area contributed by atoms with Gasteiger partial charge in [-0.05, 0) is 25.0 Å². The summed E-state index contributed by atoms with van der Waals surface area (Å²) in [6.07, 6.45) is 2.18. The molecule has 0 bridgehead atoms. The Morgan fingerprint density at radius 2 is 2.11 bits per heavy atom. The molecule has 1 fully saturated rings. The van der Waals surface area contributed by atoms with Gasteiger partial charge in [0.2, 0.25) is 0 Å². The molecule has 6 heteroatoms. The topological polar surface area (TPSA) is 67.4 Å². The summed E-state index contributed by atoms with van der Waals surface area (Å²) in [6, 6.07) is 3.32. The third kappa shape index (κ3) is 3.08. The van der Waals surface area contributed by atoms with Gasteiger partial charge in [-0.25, -0.2) is 0 Å². The Morgan fingerprint density at radius 3 is 2.72 bits per heavy atom. The Labute approximate surface area is 110 Å². The van der Waals surface area contributed by atoms with Crippen molar-refractivity contribution in [2.24, 2.45) is 0 Å². The Hall–Kier alpha value is -1.40. The minimum atomic E-state index is -0.168. The number of hydrogen-bond donors (Lipinski definition) is 2. The van der Waals surface area contributed by atoms with E-state index in [9.17, 15) is 9.59 Å². The van der Waals surface area contributed by atoms with Gasteiger partial charge in [0.05, 0.1) is 15.9 Å². The summed E-state index contributed by atoms with van der Waals surface area (Å²) in [6.45, 7) is 1.31. The van der Waals surface area contributed by atoms with Crippen LogP contribution in [0.3, 0.4) is 0 Å². The third-order valence-electron chi connectivity index (χ3n) is 2.79. The summed E-state index contributed by atoms with van der Waals surface area (Å²) in [5, 5.41) is 5.36. The van der Waals surface area contributed by atoms with Gasteiger partial charge in [-0.1, -0.05) is 0 Å². The SMILES string of the molecule is CNC(=O)c1ccc(C(=O)NCC2CCCO2)s1. The van der Waals surface area contributed by atoms with E-state index in [2.05, 4.69) is 10.6 Å². The van der Waals surface area contributed by atoms with Gasteiger partial charge < -0.3 is 15.4 Å². The molecule has 98 valence electrons. The monoisotopic (exact) mass is 268 g/mol. The molecule has 5 nitrogen and oxygen atoms in total. The molecule has 2 heterocycles. The molecular weight excluding hydrogens is 252 g/mol. The zero-order chi connectivity index (χ0) is 13.0. The molecular formula is C12H16N2O3S. The first kappa shape index (κ1) is 13.0. The quantitative estimate of drug-likeness (QED) is 0.856. The maximum absolute atomic E-state index is 11.8. The van der Waals surface area contributed by atoms with E-state index in [1.54, 1.807) is 19.2 Å². The van der Waals surface area contributed by atoms with Gasteiger partial charge in [0.15, 0.2) is 0 Å². The minimum absolute atomic E-state index is 0.132. The lowest BCUT2D eigenvalue weighted by molar-refractivity contribution is 0.0861. The van der Waals surface area contributed by atoms with Crippen LogP contribution < -0.4 is 10.6 Å². The summed E-state index contributed by atoms with van der Waals surface area (Å²) < 4.78 is 5.42. The van der Waals surface area contributed by atoms with Crippen molar-refractivity contribution in [1.29, 1.82) is 0 Å². The summed E-state index contributed by atoms with van der Waals surface area (Å²) in [5.41, 5.74) is 0. The molecule has 1 aromatic heterocycles. The number of ether oxygens (including phenoxy) is 1. The van der Waals surface area contributed by atoms with Crippen molar-refractivity contribution in [3.8, 4) is 0 Å². The maximum Gasteiger partial charge on any atom is 0.261 e. The van der Waals surface area contributed by atoms with E-state index < -0.39 is 0 Å². The largest absolute Gasteiger partial charge is 0.376 e. The molecule has 2 amide bonds. The Kier molecular flexibility index (Phi) is 4.33. The van der Waals surface area contributed by atoms with Gasteiger partial charge in [0.25, 0.3) is 11.8 Å². The second-order valence-electron chi connectivity index (χ2n) is 4.09. The van der Waals surface area contributed by atoms with E-state index in [4.69, 9.17) is 4.74 Å². The fourth-order valence-corrected chi connectivity index (χ4v) is 2.67. The van der Waals surface area contributed by atoms with Crippen LogP contribution in [0.2, 0.25) is 0 Å². The highest BCUT2D eigenvalue weighted by Crippen LogP contribution is 2.16. The number of thiophene rings is 1. The second kappa shape index (κ2) is 5.97. The molecule has 1 aromatic rings. The summed E-state index contributed by atoms with van der Waals surface area (Å²) in [7, 11) is 1.57. The molecule has 0 spiro atoms. The molecule has 1 aliphatic rings. The fourth-order valence-electron chi connectivity index (χ4n) is 1.80. The van der Waals surface area contributed by atoms with Gasteiger partial charge in [0.1, 0.15) is 0 Å². The lowest BCUT2D eigenvalue weighted by Gasteiger charge is -2.09. The Bertz CT molecular complexity index is 438. The number of nitrogens with one attached hydrogen (secondary N) is 2. The maximum atomic E-state index is 11.8. The van der Waals surface area contributed by atoms with Crippen molar-refractivity contribution >= 4 is 23.2 Å². The lowest BCUT2D eigenvalue weighted by atomic mass is 10.2. The van der Waals surface area contributed by atoms with Crippen LogP contribution >= 0.6 is 11.3 Å². The van der Waals surface area contributed by atoms with Crippen molar-refractivity contribution in [3.05, 3.63) is 21.9 Å². The highest BCUT2D eigenvalue weighted by atomic mass is 32.1. The predicted molar refractivity (Wildman–Crippen MR) is 69.0 cm³/mol. The number of rotatable bonds is 4. The molecule has 0 saturated carbocycles. The first-order chi connectivity index (χ1) is 8.70. The van der Waals surface area contributed by atoms with Crippen LogP contribution in [0.1, 0.15) is 32.2 Å². The van der Waals surface area contributed by atoms with Crippen LogP contribution in [0.5, 0.6) is 0 Å². The zero-order valence-electron chi connectivity index (χ0n) is 10.2. The van der Waals surface area contributed by atoms with Gasteiger partial charge in [-0.15, -0.1) is 11.3 Å². The Balaban J connectivity index is 1.88. The molecule has 0 aromatic carbocycles. The minimum Gasteiger partial charge on any atom is -0.376 e. The van der Waals surface area contributed by atoms with E-state index in [0.717, 1.165) is 19.4 Å². The van der Waals surface area contributed by atoms with Crippen LogP contribution in [0.4, 0.5) is 0 Å². The van der Waals surface area contributed by atoms with Gasteiger partial charge >= 0.3 is 0 Å².